The van der Waals surface area contributed by atoms with Crippen molar-refractivity contribution in [2.75, 3.05) is 18.8 Å². The fourth-order valence-corrected chi connectivity index (χ4v) is 2.20. The third-order valence-electron chi connectivity index (χ3n) is 3.13. The van der Waals surface area contributed by atoms with Gasteiger partial charge in [-0.15, -0.1) is 0 Å². The number of benzene rings is 1. The minimum absolute atomic E-state index is 0.229. The number of hydrazine groups is 1. The second-order valence-corrected chi connectivity index (χ2v) is 4.67. The lowest BCUT2D eigenvalue weighted by Gasteiger charge is -2.28. The molecule has 0 aliphatic carbocycles. The van der Waals surface area contributed by atoms with Crippen molar-refractivity contribution in [3.05, 3.63) is 29.3 Å². The predicted octanol–water partition coefficient (Wildman–Crippen LogP) is -0.206. The molecule has 1 aliphatic rings. The zero-order valence-electron chi connectivity index (χ0n) is 10.9. The van der Waals surface area contributed by atoms with Gasteiger partial charge in [-0.25, -0.2) is 0 Å². The van der Waals surface area contributed by atoms with Gasteiger partial charge in [-0.05, 0) is 23.6 Å². The van der Waals surface area contributed by atoms with Crippen molar-refractivity contribution in [2.24, 2.45) is 0 Å². The van der Waals surface area contributed by atoms with E-state index in [2.05, 4.69) is 16.9 Å². The Morgan fingerprint density at radius 3 is 2.89 bits per heavy atom. The van der Waals surface area contributed by atoms with Crippen molar-refractivity contribution < 1.29 is 9.59 Å². The lowest BCUT2D eigenvalue weighted by atomic mass is 9.98. The number of anilines is 1. The molecule has 0 fully saturated rings. The van der Waals surface area contributed by atoms with Gasteiger partial charge >= 0.3 is 0 Å². The number of hydrogen-bond donors (Lipinski definition) is 3. The summed E-state index contributed by atoms with van der Waals surface area (Å²) in [7, 11) is 0. The monoisotopic (exact) mass is 262 g/mol. The summed E-state index contributed by atoms with van der Waals surface area (Å²) >= 11 is 0. The van der Waals surface area contributed by atoms with Crippen LogP contribution in [0.4, 0.5) is 5.69 Å². The van der Waals surface area contributed by atoms with Crippen LogP contribution in [0.3, 0.4) is 0 Å². The van der Waals surface area contributed by atoms with Gasteiger partial charge in [0.05, 0.1) is 6.54 Å². The first kappa shape index (κ1) is 13.4. The van der Waals surface area contributed by atoms with Crippen LogP contribution in [0.2, 0.25) is 0 Å². The Balaban J connectivity index is 1.93. The molecular formula is C13H18N4O2. The highest BCUT2D eigenvalue weighted by Gasteiger charge is 2.19. The Morgan fingerprint density at radius 1 is 1.37 bits per heavy atom. The van der Waals surface area contributed by atoms with Gasteiger partial charge in [0.15, 0.2) is 0 Å². The van der Waals surface area contributed by atoms with Crippen molar-refractivity contribution in [1.82, 2.24) is 15.8 Å². The molecule has 6 nitrogen and oxygen atoms in total. The van der Waals surface area contributed by atoms with Gasteiger partial charge in [0.25, 0.3) is 5.91 Å². The van der Waals surface area contributed by atoms with Crippen LogP contribution < -0.4 is 16.6 Å². The molecule has 1 heterocycles. The van der Waals surface area contributed by atoms with Crippen LogP contribution in [0.15, 0.2) is 18.2 Å². The van der Waals surface area contributed by atoms with Crippen molar-refractivity contribution in [1.29, 1.82) is 0 Å². The molecule has 102 valence electrons. The Morgan fingerprint density at radius 2 is 2.16 bits per heavy atom. The van der Waals surface area contributed by atoms with Crippen LogP contribution in [0, 0.1) is 0 Å². The molecule has 1 aromatic rings. The summed E-state index contributed by atoms with van der Waals surface area (Å²) < 4.78 is 0. The quantitative estimate of drug-likeness (QED) is 0.508. The highest BCUT2D eigenvalue weighted by atomic mass is 16.2. The van der Waals surface area contributed by atoms with Crippen LogP contribution in [-0.2, 0) is 22.6 Å². The number of fused-ring (bicyclic) bond motifs is 1. The van der Waals surface area contributed by atoms with Crippen LogP contribution in [0.1, 0.15) is 18.1 Å². The maximum absolute atomic E-state index is 11.6. The summed E-state index contributed by atoms with van der Waals surface area (Å²) in [4.78, 5) is 24.3. The van der Waals surface area contributed by atoms with E-state index in [0.717, 1.165) is 24.2 Å². The first-order chi connectivity index (χ1) is 9.06. The normalized spacial score (nSPS) is 14.6. The number of nitrogens with one attached hydrogen (secondary N) is 2. The number of nitrogens with two attached hydrogens (primary N) is 1. The summed E-state index contributed by atoms with van der Waals surface area (Å²) in [6, 6.07) is 5.90. The molecular weight excluding hydrogens is 244 g/mol. The van der Waals surface area contributed by atoms with Gasteiger partial charge in [-0.1, -0.05) is 12.1 Å². The maximum atomic E-state index is 11.6. The standard InChI is InChI=1S/C13H18N4O2/c1-9(18)15-16-13(19)8-17-6-5-10-3-2-4-12(14)11(10)7-17/h2-4H,5-8,14H2,1H3,(H,15,18)(H,16,19). The van der Waals surface area contributed by atoms with Crippen LogP contribution in [0.25, 0.3) is 0 Å². The first-order valence-electron chi connectivity index (χ1n) is 6.20. The van der Waals surface area contributed by atoms with Gasteiger partial charge in [-0.2, -0.15) is 0 Å². The van der Waals surface area contributed by atoms with E-state index in [9.17, 15) is 9.59 Å². The summed E-state index contributed by atoms with van der Waals surface area (Å²) in [5.74, 6) is -0.519. The molecule has 0 bridgehead atoms. The highest BCUT2D eigenvalue weighted by Crippen LogP contribution is 2.23. The molecule has 1 aliphatic heterocycles. The van der Waals surface area contributed by atoms with Crippen molar-refractivity contribution >= 4 is 17.5 Å². The second-order valence-electron chi connectivity index (χ2n) is 4.67. The number of carbonyl (C=O) groups is 2. The molecule has 4 N–H and O–H groups in total. The first-order valence-corrected chi connectivity index (χ1v) is 6.20. The van der Waals surface area contributed by atoms with E-state index in [1.54, 1.807) is 0 Å². The molecule has 0 spiro atoms. The molecule has 0 radical (unpaired) electrons. The minimum Gasteiger partial charge on any atom is -0.398 e. The number of nitrogens with zero attached hydrogens (tertiary/aromatic N) is 1. The van der Waals surface area contributed by atoms with E-state index >= 15 is 0 Å². The summed E-state index contributed by atoms with van der Waals surface area (Å²) in [6.07, 6.45) is 0.883. The lowest BCUT2D eigenvalue weighted by Crippen LogP contribution is -2.46. The smallest absolute Gasteiger partial charge is 0.252 e. The third-order valence-corrected chi connectivity index (χ3v) is 3.13. The van der Waals surface area contributed by atoms with E-state index in [0.29, 0.717) is 6.54 Å². The van der Waals surface area contributed by atoms with Gasteiger partial charge in [0.1, 0.15) is 0 Å². The molecule has 0 saturated carbocycles. The molecule has 2 amide bonds. The van der Waals surface area contributed by atoms with Crippen molar-refractivity contribution in [3.8, 4) is 0 Å². The average molecular weight is 262 g/mol. The fraction of sp³-hybridized carbons (Fsp3) is 0.385. The van der Waals surface area contributed by atoms with Crippen LogP contribution in [-0.4, -0.2) is 29.8 Å². The minimum atomic E-state index is -0.290. The molecule has 2 rings (SSSR count). The molecule has 0 atom stereocenters. The Hall–Kier alpha value is -2.08. The van der Waals surface area contributed by atoms with Crippen LogP contribution in [0.5, 0.6) is 0 Å². The van der Waals surface area contributed by atoms with Gasteiger partial charge in [0, 0.05) is 25.7 Å². The maximum Gasteiger partial charge on any atom is 0.252 e. The number of rotatable bonds is 2. The largest absolute Gasteiger partial charge is 0.398 e. The predicted molar refractivity (Wildman–Crippen MR) is 71.8 cm³/mol. The Labute approximate surface area is 111 Å². The number of amides is 2. The molecule has 0 saturated heterocycles. The Bertz CT molecular complexity index is 501. The lowest BCUT2D eigenvalue weighted by molar-refractivity contribution is -0.128. The zero-order valence-corrected chi connectivity index (χ0v) is 10.9. The topological polar surface area (TPSA) is 87.5 Å². The van der Waals surface area contributed by atoms with Gasteiger partial charge in [0.2, 0.25) is 5.91 Å². The molecule has 1 aromatic carbocycles. The summed E-state index contributed by atoms with van der Waals surface area (Å²) in [5.41, 5.74) is 13.7. The molecule has 0 aromatic heterocycles. The number of carbonyl (C=O) groups excluding carboxylic acids is 2. The zero-order chi connectivity index (χ0) is 13.8. The van der Waals surface area contributed by atoms with E-state index in [-0.39, 0.29) is 18.4 Å². The second kappa shape index (κ2) is 5.71. The third kappa shape index (κ3) is 3.45. The van der Waals surface area contributed by atoms with Crippen molar-refractivity contribution in [3.63, 3.8) is 0 Å². The number of nitrogen functional groups attached to an aromatic ring is 1. The van der Waals surface area contributed by atoms with Crippen LogP contribution >= 0.6 is 0 Å². The van der Waals surface area contributed by atoms with E-state index in [1.165, 1.54) is 12.5 Å². The van der Waals surface area contributed by atoms with E-state index in [4.69, 9.17) is 5.73 Å². The summed E-state index contributed by atoms with van der Waals surface area (Å²) in [6.45, 7) is 3.06. The van der Waals surface area contributed by atoms with E-state index < -0.39 is 0 Å². The SMILES string of the molecule is CC(=O)NNC(=O)CN1CCc2cccc(N)c2C1. The van der Waals surface area contributed by atoms with Crippen molar-refractivity contribution in [2.45, 2.75) is 19.9 Å². The average Bonchev–Trinajstić information content (AvgIpc) is 2.37. The van der Waals surface area contributed by atoms with Gasteiger partial charge in [-0.3, -0.25) is 25.3 Å². The molecule has 19 heavy (non-hydrogen) atoms. The van der Waals surface area contributed by atoms with E-state index in [1.807, 2.05) is 17.0 Å². The number of hydrogen-bond acceptors (Lipinski definition) is 4. The highest BCUT2D eigenvalue weighted by molar-refractivity contribution is 5.82. The molecule has 0 unspecified atom stereocenters. The Kier molecular flexibility index (Phi) is 4.01. The summed E-state index contributed by atoms with van der Waals surface area (Å²) in [5, 5.41) is 0. The molecule has 6 heteroatoms. The van der Waals surface area contributed by atoms with Gasteiger partial charge < -0.3 is 5.73 Å². The fourth-order valence-electron chi connectivity index (χ4n) is 2.20.